The van der Waals surface area contributed by atoms with Gasteiger partial charge in [0.2, 0.25) is 5.89 Å². The number of thioether (sulfide) groups is 1. The highest BCUT2D eigenvalue weighted by Gasteiger charge is 2.45. The van der Waals surface area contributed by atoms with E-state index in [1.54, 1.807) is 11.8 Å². The molecule has 4 nitrogen and oxygen atoms in total. The van der Waals surface area contributed by atoms with Gasteiger partial charge in [-0.3, -0.25) is 4.79 Å². The fourth-order valence-electron chi connectivity index (χ4n) is 3.18. The molecule has 2 aromatic rings. The summed E-state index contributed by atoms with van der Waals surface area (Å²) in [6, 6.07) is 10.4. The third-order valence-corrected chi connectivity index (χ3v) is 5.68. The standard InChI is InChI=1S/C16H16N2O2S/c19-13-10-21-9-12(13)14-17-15(18-20-14)16(7-4-8-16)11-5-2-1-3-6-11/h1-3,5-6,12H,4,7-10H2. The second kappa shape index (κ2) is 4.98. The first-order valence-electron chi connectivity index (χ1n) is 7.30. The van der Waals surface area contributed by atoms with Crippen LogP contribution in [0, 0.1) is 0 Å². The Bertz CT molecular complexity index is 664. The summed E-state index contributed by atoms with van der Waals surface area (Å²) in [6.45, 7) is 0. The van der Waals surface area contributed by atoms with Crippen LogP contribution in [0.3, 0.4) is 0 Å². The van der Waals surface area contributed by atoms with Gasteiger partial charge in [-0.05, 0) is 18.4 Å². The van der Waals surface area contributed by atoms with Crippen molar-refractivity contribution in [3.63, 3.8) is 0 Å². The van der Waals surface area contributed by atoms with Crippen molar-refractivity contribution < 1.29 is 9.32 Å². The molecule has 108 valence electrons. The summed E-state index contributed by atoms with van der Waals surface area (Å²) < 4.78 is 5.43. The Morgan fingerprint density at radius 3 is 2.67 bits per heavy atom. The molecule has 5 heteroatoms. The van der Waals surface area contributed by atoms with Gasteiger partial charge in [0.1, 0.15) is 5.92 Å². The Morgan fingerprint density at radius 2 is 2.05 bits per heavy atom. The molecule has 2 aliphatic rings. The Labute approximate surface area is 127 Å². The maximum absolute atomic E-state index is 11.8. The largest absolute Gasteiger partial charge is 0.338 e. The highest BCUT2D eigenvalue weighted by molar-refractivity contribution is 8.00. The molecule has 0 N–H and O–H groups in total. The molecule has 2 fully saturated rings. The lowest BCUT2D eigenvalue weighted by atomic mass is 9.64. The summed E-state index contributed by atoms with van der Waals surface area (Å²) in [4.78, 5) is 16.4. The zero-order valence-electron chi connectivity index (χ0n) is 11.6. The van der Waals surface area contributed by atoms with Crippen molar-refractivity contribution in [1.29, 1.82) is 0 Å². The van der Waals surface area contributed by atoms with E-state index in [2.05, 4.69) is 22.3 Å². The lowest BCUT2D eigenvalue weighted by molar-refractivity contribution is -0.117. The van der Waals surface area contributed by atoms with Crippen molar-refractivity contribution in [3.05, 3.63) is 47.6 Å². The second-order valence-corrected chi connectivity index (χ2v) is 6.82. The maximum Gasteiger partial charge on any atom is 0.238 e. The molecule has 1 unspecified atom stereocenters. The van der Waals surface area contributed by atoms with Crippen LogP contribution in [0.25, 0.3) is 0 Å². The first-order valence-corrected chi connectivity index (χ1v) is 8.45. The van der Waals surface area contributed by atoms with Crippen molar-refractivity contribution in [1.82, 2.24) is 10.1 Å². The fourth-order valence-corrected chi connectivity index (χ4v) is 4.26. The zero-order chi connectivity index (χ0) is 14.3. The third kappa shape index (κ3) is 2.02. The molecule has 0 radical (unpaired) electrons. The molecule has 1 aliphatic heterocycles. The molecule has 1 atom stereocenters. The zero-order valence-corrected chi connectivity index (χ0v) is 12.4. The summed E-state index contributed by atoms with van der Waals surface area (Å²) in [7, 11) is 0. The van der Waals surface area contributed by atoms with E-state index in [9.17, 15) is 4.79 Å². The van der Waals surface area contributed by atoms with Crippen LogP contribution in [-0.4, -0.2) is 27.4 Å². The van der Waals surface area contributed by atoms with Crippen molar-refractivity contribution in [2.75, 3.05) is 11.5 Å². The maximum atomic E-state index is 11.8. The molecule has 1 saturated carbocycles. The molecular weight excluding hydrogens is 284 g/mol. The second-order valence-electron chi connectivity index (χ2n) is 5.79. The normalized spacial score (nSPS) is 24.0. The van der Waals surface area contributed by atoms with Crippen LogP contribution >= 0.6 is 11.8 Å². The monoisotopic (exact) mass is 300 g/mol. The van der Waals surface area contributed by atoms with Gasteiger partial charge in [0.25, 0.3) is 0 Å². The number of hydrogen-bond donors (Lipinski definition) is 0. The van der Waals surface area contributed by atoms with Crippen LogP contribution in [0.2, 0.25) is 0 Å². The average molecular weight is 300 g/mol. The van der Waals surface area contributed by atoms with Gasteiger partial charge in [-0.2, -0.15) is 16.7 Å². The average Bonchev–Trinajstić information content (AvgIpc) is 3.08. The van der Waals surface area contributed by atoms with Crippen molar-refractivity contribution in [2.45, 2.75) is 30.6 Å². The van der Waals surface area contributed by atoms with Crippen LogP contribution in [0.15, 0.2) is 34.9 Å². The van der Waals surface area contributed by atoms with Gasteiger partial charge in [0.15, 0.2) is 11.6 Å². The minimum atomic E-state index is -0.204. The molecule has 1 aromatic carbocycles. The van der Waals surface area contributed by atoms with E-state index in [4.69, 9.17) is 4.52 Å². The molecule has 1 aromatic heterocycles. The Hall–Kier alpha value is -1.62. The van der Waals surface area contributed by atoms with E-state index in [0.29, 0.717) is 11.6 Å². The van der Waals surface area contributed by atoms with Crippen LogP contribution in [-0.2, 0) is 10.2 Å². The SMILES string of the molecule is O=C1CSCC1c1nc(C2(c3ccccc3)CCC2)no1. The number of aromatic nitrogens is 2. The molecule has 0 spiro atoms. The number of carbonyl (C=O) groups is 1. The molecular formula is C16H16N2O2S. The molecule has 1 aliphatic carbocycles. The summed E-state index contributed by atoms with van der Waals surface area (Å²) in [5.41, 5.74) is 1.13. The van der Waals surface area contributed by atoms with Crippen molar-refractivity contribution in [3.8, 4) is 0 Å². The Morgan fingerprint density at radius 1 is 1.24 bits per heavy atom. The van der Waals surface area contributed by atoms with E-state index in [1.807, 2.05) is 18.2 Å². The lowest BCUT2D eigenvalue weighted by Gasteiger charge is -2.39. The summed E-state index contributed by atoms with van der Waals surface area (Å²) in [5.74, 6) is 2.58. The fraction of sp³-hybridized carbons (Fsp3) is 0.438. The van der Waals surface area contributed by atoms with Crippen molar-refractivity contribution in [2.24, 2.45) is 0 Å². The van der Waals surface area contributed by atoms with E-state index < -0.39 is 0 Å². The molecule has 1 saturated heterocycles. The van der Waals surface area contributed by atoms with Gasteiger partial charge in [0, 0.05) is 5.75 Å². The highest BCUT2D eigenvalue weighted by Crippen LogP contribution is 2.48. The van der Waals surface area contributed by atoms with Crippen LogP contribution in [0.5, 0.6) is 0 Å². The van der Waals surface area contributed by atoms with Gasteiger partial charge in [-0.1, -0.05) is 41.9 Å². The number of carbonyl (C=O) groups excluding carboxylic acids is 1. The Balaban J connectivity index is 1.69. The Kier molecular flexibility index (Phi) is 3.10. The lowest BCUT2D eigenvalue weighted by Crippen LogP contribution is -2.36. The molecule has 0 bridgehead atoms. The van der Waals surface area contributed by atoms with Gasteiger partial charge in [-0.25, -0.2) is 0 Å². The first kappa shape index (κ1) is 13.1. The first-order chi connectivity index (χ1) is 10.3. The summed E-state index contributed by atoms with van der Waals surface area (Å²) >= 11 is 1.64. The number of rotatable bonds is 3. The number of hydrogen-bond acceptors (Lipinski definition) is 5. The van der Waals surface area contributed by atoms with E-state index in [1.165, 1.54) is 12.0 Å². The molecule has 0 amide bonds. The number of ketones is 1. The van der Waals surface area contributed by atoms with Gasteiger partial charge in [-0.15, -0.1) is 0 Å². The predicted octanol–water partition coefficient (Wildman–Crippen LogP) is 2.94. The highest BCUT2D eigenvalue weighted by atomic mass is 32.2. The molecule has 2 heterocycles. The number of nitrogens with zero attached hydrogens (tertiary/aromatic N) is 2. The third-order valence-electron chi connectivity index (χ3n) is 4.62. The van der Waals surface area contributed by atoms with Crippen LogP contribution in [0.1, 0.15) is 42.5 Å². The number of benzene rings is 1. The van der Waals surface area contributed by atoms with Crippen molar-refractivity contribution >= 4 is 17.5 Å². The van der Waals surface area contributed by atoms with Gasteiger partial charge in [0.05, 0.1) is 11.2 Å². The molecule has 21 heavy (non-hydrogen) atoms. The quantitative estimate of drug-likeness (QED) is 0.872. The summed E-state index contributed by atoms with van der Waals surface area (Å²) in [6.07, 6.45) is 3.27. The van der Waals surface area contributed by atoms with Crippen LogP contribution in [0.4, 0.5) is 0 Å². The van der Waals surface area contributed by atoms with Crippen LogP contribution < -0.4 is 0 Å². The van der Waals surface area contributed by atoms with Gasteiger partial charge < -0.3 is 4.52 Å². The summed E-state index contributed by atoms with van der Waals surface area (Å²) in [5, 5.41) is 4.22. The minimum Gasteiger partial charge on any atom is -0.338 e. The topological polar surface area (TPSA) is 56.0 Å². The predicted molar refractivity (Wildman–Crippen MR) is 80.4 cm³/mol. The number of Topliss-reactive ketones (excluding diaryl/α,β-unsaturated/α-hetero) is 1. The molecule has 4 rings (SSSR count). The minimum absolute atomic E-state index is 0.113. The van der Waals surface area contributed by atoms with E-state index in [-0.39, 0.29) is 17.1 Å². The smallest absolute Gasteiger partial charge is 0.238 e. The van der Waals surface area contributed by atoms with Gasteiger partial charge >= 0.3 is 0 Å². The van der Waals surface area contributed by atoms with E-state index >= 15 is 0 Å². The van der Waals surface area contributed by atoms with E-state index in [0.717, 1.165) is 24.4 Å².